The second-order valence-electron chi connectivity index (χ2n) is 6.57. The zero-order valence-electron chi connectivity index (χ0n) is 14.6. The van der Waals surface area contributed by atoms with E-state index in [1.54, 1.807) is 34.9 Å². The van der Waals surface area contributed by atoms with Gasteiger partial charge >= 0.3 is 0 Å². The zero-order valence-corrected chi connectivity index (χ0v) is 14.6. The molecule has 1 unspecified atom stereocenters. The van der Waals surface area contributed by atoms with E-state index in [9.17, 15) is 9.59 Å². The van der Waals surface area contributed by atoms with Gasteiger partial charge < -0.3 is 9.80 Å². The summed E-state index contributed by atoms with van der Waals surface area (Å²) < 4.78 is 1.70. The number of carbonyl (C=O) groups excluding carboxylic acids is 2. The molecular weight excluding hydrogens is 318 g/mol. The highest BCUT2D eigenvalue weighted by atomic mass is 16.2. The van der Waals surface area contributed by atoms with E-state index in [1.165, 1.54) is 6.33 Å². The van der Waals surface area contributed by atoms with Crippen molar-refractivity contribution >= 4 is 11.8 Å². The molecule has 2 amide bonds. The third kappa shape index (κ3) is 3.87. The SMILES string of the molecule is CN(C)C(=O)C1CCCN(C(=O)c2ccccc2Cn2cncn2)C1. The maximum Gasteiger partial charge on any atom is 0.254 e. The van der Waals surface area contributed by atoms with Crippen LogP contribution in [0.25, 0.3) is 0 Å². The average Bonchev–Trinajstić information content (AvgIpc) is 3.14. The number of piperidine rings is 1. The Balaban J connectivity index is 1.77. The molecule has 0 bridgehead atoms. The molecule has 1 fully saturated rings. The van der Waals surface area contributed by atoms with Gasteiger partial charge in [-0.05, 0) is 24.5 Å². The van der Waals surface area contributed by atoms with Crippen molar-refractivity contribution < 1.29 is 9.59 Å². The Kier molecular flexibility index (Phi) is 5.11. The summed E-state index contributed by atoms with van der Waals surface area (Å²) in [6.07, 6.45) is 4.79. The minimum Gasteiger partial charge on any atom is -0.349 e. The quantitative estimate of drug-likeness (QED) is 0.839. The van der Waals surface area contributed by atoms with Crippen LogP contribution in [-0.4, -0.2) is 63.6 Å². The second-order valence-corrected chi connectivity index (χ2v) is 6.57. The molecule has 0 aliphatic carbocycles. The first-order valence-corrected chi connectivity index (χ1v) is 8.47. The standard InChI is InChI=1S/C18H23N5O2/c1-21(2)17(24)15-7-5-9-22(10-15)18(25)16-8-4-3-6-14(16)11-23-13-19-12-20-23/h3-4,6,8,12-13,15H,5,7,9-11H2,1-2H3. The number of hydrogen-bond donors (Lipinski definition) is 0. The molecule has 1 aliphatic rings. The van der Waals surface area contributed by atoms with Crippen LogP contribution >= 0.6 is 0 Å². The van der Waals surface area contributed by atoms with E-state index in [0.29, 0.717) is 25.2 Å². The van der Waals surface area contributed by atoms with Crippen LogP contribution in [0.15, 0.2) is 36.9 Å². The predicted octanol–water partition coefficient (Wildman–Crippen LogP) is 1.27. The van der Waals surface area contributed by atoms with Gasteiger partial charge in [-0.1, -0.05) is 18.2 Å². The molecule has 7 nitrogen and oxygen atoms in total. The van der Waals surface area contributed by atoms with E-state index in [2.05, 4.69) is 10.1 Å². The Bertz CT molecular complexity index is 742. The van der Waals surface area contributed by atoms with E-state index in [1.807, 2.05) is 24.3 Å². The number of likely N-dealkylation sites (tertiary alicyclic amines) is 1. The fraction of sp³-hybridized carbons (Fsp3) is 0.444. The van der Waals surface area contributed by atoms with Gasteiger partial charge in [0, 0.05) is 32.7 Å². The molecule has 132 valence electrons. The zero-order chi connectivity index (χ0) is 17.8. The van der Waals surface area contributed by atoms with E-state index in [-0.39, 0.29) is 17.7 Å². The Morgan fingerprint density at radius 1 is 1.28 bits per heavy atom. The van der Waals surface area contributed by atoms with Crippen molar-refractivity contribution in [2.75, 3.05) is 27.2 Å². The van der Waals surface area contributed by atoms with Gasteiger partial charge in [-0.2, -0.15) is 5.10 Å². The van der Waals surface area contributed by atoms with E-state index < -0.39 is 0 Å². The predicted molar refractivity (Wildman–Crippen MR) is 92.9 cm³/mol. The van der Waals surface area contributed by atoms with Crippen molar-refractivity contribution in [1.29, 1.82) is 0 Å². The summed E-state index contributed by atoms with van der Waals surface area (Å²) in [7, 11) is 3.52. The van der Waals surface area contributed by atoms with Crippen LogP contribution < -0.4 is 0 Å². The van der Waals surface area contributed by atoms with Crippen molar-refractivity contribution in [3.05, 3.63) is 48.0 Å². The van der Waals surface area contributed by atoms with Crippen molar-refractivity contribution in [1.82, 2.24) is 24.6 Å². The number of benzene rings is 1. The van der Waals surface area contributed by atoms with Crippen LogP contribution in [0.1, 0.15) is 28.8 Å². The van der Waals surface area contributed by atoms with Crippen molar-refractivity contribution in [2.45, 2.75) is 19.4 Å². The summed E-state index contributed by atoms with van der Waals surface area (Å²) in [6, 6.07) is 7.55. The molecule has 2 aromatic rings. The highest BCUT2D eigenvalue weighted by Crippen LogP contribution is 2.21. The Morgan fingerprint density at radius 3 is 2.80 bits per heavy atom. The second kappa shape index (κ2) is 7.46. The number of amides is 2. The molecule has 0 spiro atoms. The van der Waals surface area contributed by atoms with Crippen LogP contribution in [0.2, 0.25) is 0 Å². The maximum absolute atomic E-state index is 13.0. The maximum atomic E-state index is 13.0. The third-order valence-corrected chi connectivity index (χ3v) is 4.55. The molecule has 1 aromatic heterocycles. The van der Waals surface area contributed by atoms with Crippen molar-refractivity contribution in [2.24, 2.45) is 5.92 Å². The monoisotopic (exact) mass is 341 g/mol. The van der Waals surface area contributed by atoms with Crippen LogP contribution in [0.3, 0.4) is 0 Å². The van der Waals surface area contributed by atoms with Crippen LogP contribution in [0.5, 0.6) is 0 Å². The summed E-state index contributed by atoms with van der Waals surface area (Å²) >= 11 is 0. The lowest BCUT2D eigenvalue weighted by Gasteiger charge is -2.33. The molecule has 2 heterocycles. The van der Waals surface area contributed by atoms with Gasteiger partial charge in [-0.25, -0.2) is 9.67 Å². The Labute approximate surface area is 147 Å². The largest absolute Gasteiger partial charge is 0.349 e. The molecular formula is C18H23N5O2. The molecule has 0 N–H and O–H groups in total. The molecule has 0 radical (unpaired) electrons. The number of rotatable bonds is 4. The van der Waals surface area contributed by atoms with Gasteiger partial charge in [0.1, 0.15) is 12.7 Å². The summed E-state index contributed by atoms with van der Waals surface area (Å²) in [5.41, 5.74) is 1.56. The molecule has 1 aliphatic heterocycles. The lowest BCUT2D eigenvalue weighted by atomic mass is 9.95. The van der Waals surface area contributed by atoms with Gasteiger partial charge in [-0.15, -0.1) is 0 Å². The third-order valence-electron chi connectivity index (χ3n) is 4.55. The van der Waals surface area contributed by atoms with E-state index in [4.69, 9.17) is 0 Å². The number of hydrogen-bond acceptors (Lipinski definition) is 4. The van der Waals surface area contributed by atoms with Gasteiger partial charge in [0.2, 0.25) is 5.91 Å². The van der Waals surface area contributed by atoms with Crippen LogP contribution in [-0.2, 0) is 11.3 Å². The molecule has 1 saturated heterocycles. The van der Waals surface area contributed by atoms with Gasteiger partial charge in [0.05, 0.1) is 12.5 Å². The lowest BCUT2D eigenvalue weighted by Crippen LogP contribution is -2.45. The Hall–Kier alpha value is -2.70. The summed E-state index contributed by atoms with van der Waals surface area (Å²) in [5, 5.41) is 4.11. The highest BCUT2D eigenvalue weighted by molar-refractivity contribution is 5.96. The van der Waals surface area contributed by atoms with Crippen LogP contribution in [0, 0.1) is 5.92 Å². The topological polar surface area (TPSA) is 71.3 Å². The molecule has 1 aromatic carbocycles. The summed E-state index contributed by atoms with van der Waals surface area (Å²) in [4.78, 5) is 32.6. The number of carbonyl (C=O) groups is 2. The number of nitrogens with zero attached hydrogens (tertiary/aromatic N) is 5. The fourth-order valence-corrected chi connectivity index (χ4v) is 3.25. The minimum absolute atomic E-state index is 0.0213. The average molecular weight is 341 g/mol. The highest BCUT2D eigenvalue weighted by Gasteiger charge is 2.30. The first-order valence-electron chi connectivity index (χ1n) is 8.47. The first-order chi connectivity index (χ1) is 12.1. The van der Waals surface area contributed by atoms with Gasteiger partial charge in [0.15, 0.2) is 0 Å². The van der Waals surface area contributed by atoms with Crippen LogP contribution in [0.4, 0.5) is 0 Å². The fourth-order valence-electron chi connectivity index (χ4n) is 3.25. The molecule has 3 rings (SSSR count). The van der Waals surface area contributed by atoms with E-state index >= 15 is 0 Å². The summed E-state index contributed by atoms with van der Waals surface area (Å²) in [6.45, 7) is 1.66. The van der Waals surface area contributed by atoms with Crippen molar-refractivity contribution in [3.63, 3.8) is 0 Å². The minimum atomic E-state index is -0.116. The summed E-state index contributed by atoms with van der Waals surface area (Å²) in [5.74, 6) is -0.0458. The van der Waals surface area contributed by atoms with Gasteiger partial charge in [-0.3, -0.25) is 9.59 Å². The van der Waals surface area contributed by atoms with Crippen molar-refractivity contribution in [3.8, 4) is 0 Å². The Morgan fingerprint density at radius 2 is 2.08 bits per heavy atom. The van der Waals surface area contributed by atoms with E-state index in [0.717, 1.165) is 18.4 Å². The number of aromatic nitrogens is 3. The first kappa shape index (κ1) is 17.1. The van der Waals surface area contributed by atoms with Gasteiger partial charge in [0.25, 0.3) is 5.91 Å². The molecule has 7 heteroatoms. The molecule has 0 saturated carbocycles. The molecule has 1 atom stereocenters. The molecule has 25 heavy (non-hydrogen) atoms. The lowest BCUT2D eigenvalue weighted by molar-refractivity contribution is -0.134. The smallest absolute Gasteiger partial charge is 0.254 e. The normalized spacial score (nSPS) is 17.4.